The summed E-state index contributed by atoms with van der Waals surface area (Å²) < 4.78 is 5.14. The maximum absolute atomic E-state index is 11.6. The molecule has 0 aromatic heterocycles. The molecule has 0 radical (unpaired) electrons. The molecule has 2 atom stereocenters. The molecule has 0 heterocycles. The molecule has 216 valence electrons. The summed E-state index contributed by atoms with van der Waals surface area (Å²) in [5, 5.41) is 8.10. The number of benzene rings is 2. The van der Waals surface area contributed by atoms with Gasteiger partial charge in [-0.3, -0.25) is 9.59 Å². The lowest BCUT2D eigenvalue weighted by molar-refractivity contribution is -0.116. The second kappa shape index (κ2) is 20.0. The monoisotopic (exact) mass is 568 g/mol. The Morgan fingerprint density at radius 3 is 1.55 bits per heavy atom. The van der Waals surface area contributed by atoms with Gasteiger partial charge in [-0.1, -0.05) is 62.1 Å². The van der Waals surface area contributed by atoms with Gasteiger partial charge in [-0.15, -0.1) is 12.4 Å². The highest BCUT2D eigenvalue weighted by Gasteiger charge is 2.16. The number of hydrogen-bond donors (Lipinski definition) is 4. The van der Waals surface area contributed by atoms with Crippen molar-refractivity contribution in [3.8, 4) is 23.7 Å². The Labute approximate surface area is 244 Å². The van der Waals surface area contributed by atoms with Crippen molar-refractivity contribution in [1.82, 2.24) is 16.0 Å². The van der Waals surface area contributed by atoms with Crippen LogP contribution in [-0.2, 0) is 14.3 Å². The van der Waals surface area contributed by atoms with E-state index in [4.69, 9.17) is 10.5 Å². The van der Waals surface area contributed by atoms with Crippen molar-refractivity contribution in [3.63, 3.8) is 0 Å². The van der Waals surface area contributed by atoms with Crippen molar-refractivity contribution < 1.29 is 19.1 Å². The molecular weight excluding hydrogens is 528 g/mol. The third-order valence-electron chi connectivity index (χ3n) is 4.81. The fraction of sp³-hybridized carbons (Fsp3) is 0.387. The minimum atomic E-state index is -0.519. The van der Waals surface area contributed by atoms with Gasteiger partial charge in [-0.2, -0.15) is 0 Å². The summed E-state index contributed by atoms with van der Waals surface area (Å²) in [6, 6.07) is 18.7. The summed E-state index contributed by atoms with van der Waals surface area (Å²) in [7, 11) is 0. The Morgan fingerprint density at radius 2 is 1.15 bits per heavy atom. The smallest absolute Gasteiger partial charge is 0.407 e. The SMILES string of the molecule is CC(CN)CNC(=O)C#Cc1ccccc1.CC(CNC(=O)C#Cc1ccccc1)CNC(=O)OC(C)(C)C.Cl. The highest BCUT2D eigenvalue weighted by molar-refractivity contribution is 5.94. The van der Waals surface area contributed by atoms with Crippen molar-refractivity contribution >= 4 is 30.3 Å². The van der Waals surface area contributed by atoms with E-state index in [1.54, 1.807) is 0 Å². The third-order valence-corrected chi connectivity index (χ3v) is 4.81. The highest BCUT2D eigenvalue weighted by atomic mass is 35.5. The normalized spacial score (nSPS) is 11.2. The van der Waals surface area contributed by atoms with Crippen LogP contribution in [0, 0.1) is 35.5 Å². The second-order valence-electron chi connectivity index (χ2n) is 9.98. The van der Waals surface area contributed by atoms with E-state index in [1.807, 2.05) is 95.3 Å². The van der Waals surface area contributed by atoms with Crippen LogP contribution >= 0.6 is 12.4 Å². The fourth-order valence-electron chi connectivity index (χ4n) is 2.65. The number of carbonyl (C=O) groups is 3. The summed E-state index contributed by atoms with van der Waals surface area (Å²) >= 11 is 0. The van der Waals surface area contributed by atoms with Crippen LogP contribution < -0.4 is 21.7 Å². The number of hydrogen-bond acceptors (Lipinski definition) is 5. The Bertz CT molecular complexity index is 1160. The molecule has 9 heteroatoms. The summed E-state index contributed by atoms with van der Waals surface area (Å²) in [5.41, 5.74) is 6.55. The standard InChI is InChI=1S/C18H24N2O3.C13H16N2O.ClH/c1-14(13-20-17(22)23-18(2,3)4)12-19-16(21)11-10-15-8-6-5-7-9-15;1-11(9-14)10-15-13(16)8-7-12-5-3-2-4-6-12;/h5-9,14H,12-13H2,1-4H3,(H,19,21)(H,20,22);2-6,11H,9-10,14H2,1H3,(H,15,16);1H. The molecule has 0 fully saturated rings. The van der Waals surface area contributed by atoms with E-state index in [0.29, 0.717) is 26.2 Å². The first-order chi connectivity index (χ1) is 18.5. The second-order valence-corrected chi connectivity index (χ2v) is 9.98. The third kappa shape index (κ3) is 19.1. The molecule has 8 nitrogen and oxygen atoms in total. The molecule has 0 spiro atoms. The number of rotatable bonds is 7. The Kier molecular flexibility index (Phi) is 18.0. The van der Waals surface area contributed by atoms with Crippen LogP contribution in [0.15, 0.2) is 60.7 Å². The molecular formula is C31H41ClN4O4. The van der Waals surface area contributed by atoms with Crippen LogP contribution in [0.4, 0.5) is 4.79 Å². The maximum atomic E-state index is 11.6. The molecule has 3 amide bonds. The summed E-state index contributed by atoms with van der Waals surface area (Å²) in [6.07, 6.45) is -0.459. The van der Waals surface area contributed by atoms with E-state index in [1.165, 1.54) is 0 Å². The highest BCUT2D eigenvalue weighted by Crippen LogP contribution is 2.06. The van der Waals surface area contributed by atoms with Crippen LogP contribution in [0.2, 0.25) is 0 Å². The van der Waals surface area contributed by atoms with Crippen molar-refractivity contribution in [2.45, 2.75) is 40.2 Å². The summed E-state index contributed by atoms with van der Waals surface area (Å²) in [5.74, 6) is 10.4. The molecule has 0 bridgehead atoms. The molecule has 2 rings (SSSR count). The Morgan fingerprint density at radius 1 is 0.750 bits per heavy atom. The van der Waals surface area contributed by atoms with E-state index >= 15 is 0 Å². The first kappa shape index (κ1) is 36.0. The van der Waals surface area contributed by atoms with Gasteiger partial charge >= 0.3 is 6.09 Å². The van der Waals surface area contributed by atoms with Crippen molar-refractivity contribution in [2.24, 2.45) is 17.6 Å². The van der Waals surface area contributed by atoms with Crippen molar-refractivity contribution in [2.75, 3.05) is 26.2 Å². The Balaban J connectivity index is 0.000000788. The number of halogens is 1. The number of carbonyl (C=O) groups excluding carboxylic acids is 3. The van der Waals surface area contributed by atoms with Gasteiger partial charge in [0, 0.05) is 42.6 Å². The van der Waals surface area contributed by atoms with E-state index in [9.17, 15) is 14.4 Å². The molecule has 0 aliphatic carbocycles. The summed E-state index contributed by atoms with van der Waals surface area (Å²) in [6.45, 7) is 11.3. The lowest BCUT2D eigenvalue weighted by atomic mass is 10.2. The lowest BCUT2D eigenvalue weighted by Crippen LogP contribution is -2.37. The van der Waals surface area contributed by atoms with E-state index in [2.05, 4.69) is 39.6 Å². The summed E-state index contributed by atoms with van der Waals surface area (Å²) in [4.78, 5) is 34.5. The maximum Gasteiger partial charge on any atom is 0.407 e. The van der Waals surface area contributed by atoms with Gasteiger partial charge in [0.1, 0.15) is 5.60 Å². The van der Waals surface area contributed by atoms with Gasteiger partial charge in [0.15, 0.2) is 0 Å². The predicted molar refractivity (Wildman–Crippen MR) is 162 cm³/mol. The van der Waals surface area contributed by atoms with Gasteiger partial charge in [-0.05, 0) is 63.4 Å². The van der Waals surface area contributed by atoms with E-state index < -0.39 is 11.7 Å². The lowest BCUT2D eigenvalue weighted by Gasteiger charge is -2.20. The zero-order valence-corrected chi connectivity index (χ0v) is 24.7. The molecule has 0 saturated heterocycles. The molecule has 2 aromatic carbocycles. The van der Waals surface area contributed by atoms with Gasteiger partial charge in [-0.25, -0.2) is 4.79 Å². The molecule has 2 aromatic rings. The molecule has 5 N–H and O–H groups in total. The van der Waals surface area contributed by atoms with Gasteiger partial charge < -0.3 is 26.4 Å². The van der Waals surface area contributed by atoms with Crippen molar-refractivity contribution in [1.29, 1.82) is 0 Å². The number of amides is 3. The molecule has 2 unspecified atom stereocenters. The van der Waals surface area contributed by atoms with Crippen LogP contribution in [0.1, 0.15) is 45.7 Å². The molecule has 0 aliphatic heterocycles. The topological polar surface area (TPSA) is 123 Å². The minimum Gasteiger partial charge on any atom is -0.444 e. The zero-order valence-electron chi connectivity index (χ0n) is 23.9. The zero-order chi connectivity index (χ0) is 29.1. The molecule has 0 saturated carbocycles. The first-order valence-corrected chi connectivity index (χ1v) is 12.8. The van der Waals surface area contributed by atoms with Crippen molar-refractivity contribution in [3.05, 3.63) is 71.8 Å². The predicted octanol–water partition coefficient (Wildman–Crippen LogP) is 3.49. The number of nitrogens with one attached hydrogen (secondary N) is 3. The number of nitrogens with two attached hydrogens (primary N) is 1. The number of ether oxygens (including phenoxy) is 1. The fourth-order valence-corrected chi connectivity index (χ4v) is 2.65. The van der Waals surface area contributed by atoms with E-state index in [0.717, 1.165) is 11.1 Å². The minimum absolute atomic E-state index is 0. The first-order valence-electron chi connectivity index (χ1n) is 12.8. The quantitative estimate of drug-likeness (QED) is 0.381. The average molecular weight is 569 g/mol. The molecule has 0 aliphatic rings. The van der Waals surface area contributed by atoms with Gasteiger partial charge in [0.05, 0.1) is 0 Å². The Hall–Kier alpha value is -3.98. The van der Waals surface area contributed by atoms with Crippen LogP contribution in [0.3, 0.4) is 0 Å². The largest absolute Gasteiger partial charge is 0.444 e. The van der Waals surface area contributed by atoms with Gasteiger partial charge in [0.25, 0.3) is 11.8 Å². The van der Waals surface area contributed by atoms with E-state index in [-0.39, 0.29) is 36.1 Å². The van der Waals surface area contributed by atoms with Crippen LogP contribution in [0.5, 0.6) is 0 Å². The number of alkyl carbamates (subject to hydrolysis) is 1. The van der Waals surface area contributed by atoms with Gasteiger partial charge in [0.2, 0.25) is 0 Å². The van der Waals surface area contributed by atoms with Crippen LogP contribution in [-0.4, -0.2) is 49.7 Å². The average Bonchev–Trinajstić information content (AvgIpc) is 2.92. The molecule has 40 heavy (non-hydrogen) atoms. The van der Waals surface area contributed by atoms with Crippen LogP contribution in [0.25, 0.3) is 0 Å².